The summed E-state index contributed by atoms with van der Waals surface area (Å²) in [5.41, 5.74) is 5.35. The molecule has 4 nitrogen and oxygen atoms in total. The Balaban J connectivity index is 2.05. The summed E-state index contributed by atoms with van der Waals surface area (Å²) in [6.07, 6.45) is 2.85. The van der Waals surface area contributed by atoms with Gasteiger partial charge in [-0.3, -0.25) is 4.79 Å². The van der Waals surface area contributed by atoms with E-state index in [1.54, 1.807) is 12.1 Å². The molecule has 0 aliphatic carbocycles. The standard InChI is InChI=1S/C14H21FN2O2/c15-12-5-3-6-13(11-12)19-10-4-7-14(18)17-9-2-1-8-16/h3,5-6,11H,1-2,4,7-10,16H2,(H,17,18). The van der Waals surface area contributed by atoms with E-state index in [0.717, 1.165) is 12.8 Å². The quantitative estimate of drug-likeness (QED) is 0.672. The van der Waals surface area contributed by atoms with Crippen molar-refractivity contribution in [2.24, 2.45) is 5.73 Å². The third-order valence-electron chi connectivity index (χ3n) is 2.57. The van der Waals surface area contributed by atoms with Crippen LogP contribution in [0.5, 0.6) is 5.75 Å². The summed E-state index contributed by atoms with van der Waals surface area (Å²) in [4.78, 5) is 11.4. The molecule has 0 saturated heterocycles. The summed E-state index contributed by atoms with van der Waals surface area (Å²) in [5.74, 6) is 0.179. The molecular weight excluding hydrogens is 247 g/mol. The fraction of sp³-hybridized carbons (Fsp3) is 0.500. The SMILES string of the molecule is NCCCCNC(=O)CCCOc1cccc(F)c1. The smallest absolute Gasteiger partial charge is 0.220 e. The molecule has 0 atom stereocenters. The summed E-state index contributed by atoms with van der Waals surface area (Å²) in [6, 6.07) is 5.97. The highest BCUT2D eigenvalue weighted by Gasteiger charge is 2.01. The van der Waals surface area contributed by atoms with E-state index in [1.807, 2.05) is 0 Å². The number of nitrogens with two attached hydrogens (primary N) is 1. The molecule has 0 aliphatic rings. The lowest BCUT2D eigenvalue weighted by atomic mass is 10.3. The van der Waals surface area contributed by atoms with Gasteiger partial charge < -0.3 is 15.8 Å². The normalized spacial score (nSPS) is 10.2. The van der Waals surface area contributed by atoms with Crippen molar-refractivity contribution < 1.29 is 13.9 Å². The topological polar surface area (TPSA) is 64.3 Å². The second-order valence-electron chi connectivity index (χ2n) is 4.26. The zero-order valence-corrected chi connectivity index (χ0v) is 11.0. The van der Waals surface area contributed by atoms with E-state index in [2.05, 4.69) is 5.32 Å². The van der Waals surface area contributed by atoms with Gasteiger partial charge in [0.1, 0.15) is 11.6 Å². The Morgan fingerprint density at radius 3 is 2.89 bits per heavy atom. The molecule has 0 unspecified atom stereocenters. The molecule has 0 aromatic heterocycles. The second kappa shape index (κ2) is 9.33. The minimum absolute atomic E-state index is 0.0138. The van der Waals surface area contributed by atoms with E-state index >= 15 is 0 Å². The first kappa shape index (κ1) is 15.4. The molecule has 0 radical (unpaired) electrons. The lowest BCUT2D eigenvalue weighted by Gasteiger charge is -2.07. The molecule has 5 heteroatoms. The van der Waals surface area contributed by atoms with Gasteiger partial charge in [0.25, 0.3) is 0 Å². The molecule has 1 aromatic carbocycles. The van der Waals surface area contributed by atoms with Gasteiger partial charge >= 0.3 is 0 Å². The highest BCUT2D eigenvalue weighted by Crippen LogP contribution is 2.12. The van der Waals surface area contributed by atoms with Crippen molar-refractivity contribution in [3.63, 3.8) is 0 Å². The monoisotopic (exact) mass is 268 g/mol. The molecule has 3 N–H and O–H groups in total. The number of rotatable bonds is 9. The van der Waals surface area contributed by atoms with Gasteiger partial charge in [-0.25, -0.2) is 4.39 Å². The van der Waals surface area contributed by atoms with Crippen LogP contribution in [-0.4, -0.2) is 25.6 Å². The van der Waals surface area contributed by atoms with Crippen molar-refractivity contribution in [3.05, 3.63) is 30.1 Å². The Morgan fingerprint density at radius 1 is 1.32 bits per heavy atom. The van der Waals surface area contributed by atoms with Crippen LogP contribution in [0.1, 0.15) is 25.7 Å². The fourth-order valence-electron chi connectivity index (χ4n) is 1.57. The Bertz CT molecular complexity index is 385. The number of carbonyl (C=O) groups excluding carboxylic acids is 1. The van der Waals surface area contributed by atoms with Gasteiger partial charge in [0.05, 0.1) is 6.61 Å². The number of ether oxygens (including phenoxy) is 1. The largest absolute Gasteiger partial charge is 0.493 e. The van der Waals surface area contributed by atoms with Gasteiger partial charge in [-0.05, 0) is 37.9 Å². The molecular formula is C14H21FN2O2. The van der Waals surface area contributed by atoms with Crippen molar-refractivity contribution in [1.82, 2.24) is 5.32 Å². The third-order valence-corrected chi connectivity index (χ3v) is 2.57. The molecule has 1 amide bonds. The Labute approximate surface area is 113 Å². The lowest BCUT2D eigenvalue weighted by molar-refractivity contribution is -0.121. The van der Waals surface area contributed by atoms with Crippen LogP contribution in [0.4, 0.5) is 4.39 Å². The molecule has 19 heavy (non-hydrogen) atoms. The van der Waals surface area contributed by atoms with Crippen LogP contribution >= 0.6 is 0 Å². The molecule has 0 heterocycles. The van der Waals surface area contributed by atoms with Crippen molar-refractivity contribution >= 4 is 5.91 Å². The number of halogens is 1. The van der Waals surface area contributed by atoms with Gasteiger partial charge in [0.2, 0.25) is 5.91 Å². The highest BCUT2D eigenvalue weighted by atomic mass is 19.1. The highest BCUT2D eigenvalue weighted by molar-refractivity contribution is 5.75. The Kier molecular flexibility index (Phi) is 7.58. The van der Waals surface area contributed by atoms with Gasteiger partial charge in [0, 0.05) is 19.0 Å². The first-order valence-corrected chi connectivity index (χ1v) is 6.57. The second-order valence-corrected chi connectivity index (χ2v) is 4.26. The Morgan fingerprint density at radius 2 is 2.16 bits per heavy atom. The van der Waals surface area contributed by atoms with E-state index in [-0.39, 0.29) is 11.7 Å². The van der Waals surface area contributed by atoms with E-state index in [1.165, 1.54) is 12.1 Å². The number of benzene rings is 1. The first-order valence-electron chi connectivity index (χ1n) is 6.57. The van der Waals surface area contributed by atoms with E-state index in [9.17, 15) is 9.18 Å². The van der Waals surface area contributed by atoms with Crippen LogP contribution < -0.4 is 15.8 Å². The molecule has 106 valence electrons. The summed E-state index contributed by atoms with van der Waals surface area (Å²) in [6.45, 7) is 1.72. The Hall–Kier alpha value is -1.62. The number of hydrogen-bond donors (Lipinski definition) is 2. The van der Waals surface area contributed by atoms with Crippen LogP contribution in [-0.2, 0) is 4.79 Å². The maximum atomic E-state index is 12.9. The summed E-state index contributed by atoms with van der Waals surface area (Å²) >= 11 is 0. The molecule has 0 bridgehead atoms. The number of hydrogen-bond acceptors (Lipinski definition) is 3. The van der Waals surface area contributed by atoms with Crippen LogP contribution in [0.15, 0.2) is 24.3 Å². The molecule has 0 saturated carbocycles. The number of nitrogens with one attached hydrogen (secondary N) is 1. The molecule has 0 aliphatic heterocycles. The number of unbranched alkanes of at least 4 members (excludes halogenated alkanes) is 1. The summed E-state index contributed by atoms with van der Waals surface area (Å²) < 4.78 is 18.2. The van der Waals surface area contributed by atoms with E-state index < -0.39 is 0 Å². The van der Waals surface area contributed by atoms with Crippen molar-refractivity contribution in [2.45, 2.75) is 25.7 Å². The van der Waals surface area contributed by atoms with Crippen LogP contribution in [0.2, 0.25) is 0 Å². The minimum atomic E-state index is -0.324. The predicted octanol–water partition coefficient (Wildman–Crippen LogP) is 1.84. The molecule has 1 rings (SSSR count). The number of carbonyl (C=O) groups is 1. The molecule has 0 spiro atoms. The van der Waals surface area contributed by atoms with Crippen LogP contribution in [0.25, 0.3) is 0 Å². The summed E-state index contributed by atoms with van der Waals surface area (Å²) in [7, 11) is 0. The van der Waals surface area contributed by atoms with Gasteiger partial charge in [-0.2, -0.15) is 0 Å². The van der Waals surface area contributed by atoms with E-state index in [0.29, 0.717) is 38.3 Å². The molecule has 0 fully saturated rings. The van der Waals surface area contributed by atoms with Gasteiger partial charge in [-0.15, -0.1) is 0 Å². The summed E-state index contributed by atoms with van der Waals surface area (Å²) in [5, 5.41) is 2.82. The average Bonchev–Trinajstić information content (AvgIpc) is 2.40. The van der Waals surface area contributed by atoms with Gasteiger partial charge in [0.15, 0.2) is 0 Å². The average molecular weight is 268 g/mol. The first-order chi connectivity index (χ1) is 9.22. The predicted molar refractivity (Wildman–Crippen MR) is 72.4 cm³/mol. The van der Waals surface area contributed by atoms with Crippen molar-refractivity contribution in [1.29, 1.82) is 0 Å². The lowest BCUT2D eigenvalue weighted by Crippen LogP contribution is -2.25. The minimum Gasteiger partial charge on any atom is -0.493 e. The fourth-order valence-corrected chi connectivity index (χ4v) is 1.57. The van der Waals surface area contributed by atoms with Crippen molar-refractivity contribution in [2.75, 3.05) is 19.7 Å². The molecule has 1 aromatic rings. The van der Waals surface area contributed by atoms with Gasteiger partial charge in [-0.1, -0.05) is 6.07 Å². The zero-order chi connectivity index (χ0) is 13.9. The maximum absolute atomic E-state index is 12.9. The van der Waals surface area contributed by atoms with Crippen LogP contribution in [0.3, 0.4) is 0 Å². The van der Waals surface area contributed by atoms with Crippen LogP contribution in [0, 0.1) is 5.82 Å². The van der Waals surface area contributed by atoms with E-state index in [4.69, 9.17) is 10.5 Å². The zero-order valence-electron chi connectivity index (χ0n) is 11.0. The third kappa shape index (κ3) is 7.41. The maximum Gasteiger partial charge on any atom is 0.220 e. The van der Waals surface area contributed by atoms with Crippen molar-refractivity contribution in [3.8, 4) is 5.75 Å². The number of amides is 1.